The average Bonchev–Trinajstić information content (AvgIpc) is 3.02. The minimum atomic E-state index is -0.372. The van der Waals surface area contributed by atoms with Crippen molar-refractivity contribution in [2.75, 3.05) is 5.75 Å². The summed E-state index contributed by atoms with van der Waals surface area (Å²) in [5, 5.41) is 2.85. The number of amides is 1. The standard InChI is InChI=1S/C19H18FN3O2S/c1-13-17(23-19(25-13)15-6-2-3-7-16(15)20)11-26-12-18(24)22-10-14-5-4-8-21-9-14/h2-9H,10-12H2,1H3,(H,22,24). The van der Waals surface area contributed by atoms with E-state index in [0.717, 1.165) is 5.56 Å². The average molecular weight is 371 g/mol. The number of halogens is 1. The Labute approximate surface area is 155 Å². The summed E-state index contributed by atoms with van der Waals surface area (Å²) in [6.07, 6.45) is 3.41. The second-order valence-corrected chi connectivity index (χ2v) is 6.62. The molecule has 0 aliphatic rings. The summed E-state index contributed by atoms with van der Waals surface area (Å²) in [5.41, 5.74) is 2.00. The molecule has 5 nitrogen and oxygen atoms in total. The number of oxazole rings is 1. The Morgan fingerprint density at radius 3 is 2.88 bits per heavy atom. The van der Waals surface area contributed by atoms with Crippen LogP contribution in [0.2, 0.25) is 0 Å². The molecule has 0 aliphatic heterocycles. The van der Waals surface area contributed by atoms with Crippen molar-refractivity contribution in [2.45, 2.75) is 19.2 Å². The number of carbonyl (C=O) groups is 1. The lowest BCUT2D eigenvalue weighted by Crippen LogP contribution is -2.24. The normalized spacial score (nSPS) is 10.7. The SMILES string of the molecule is Cc1oc(-c2ccccc2F)nc1CSCC(=O)NCc1cccnc1. The van der Waals surface area contributed by atoms with Crippen molar-refractivity contribution in [1.82, 2.24) is 15.3 Å². The van der Waals surface area contributed by atoms with Gasteiger partial charge in [-0.05, 0) is 30.7 Å². The predicted octanol–water partition coefficient (Wildman–Crippen LogP) is 3.73. The molecular formula is C19H18FN3O2S. The first-order chi connectivity index (χ1) is 12.6. The van der Waals surface area contributed by atoms with Crippen molar-refractivity contribution in [3.63, 3.8) is 0 Å². The van der Waals surface area contributed by atoms with E-state index in [1.807, 2.05) is 12.1 Å². The number of rotatable bonds is 7. The predicted molar refractivity (Wildman–Crippen MR) is 98.9 cm³/mol. The molecule has 2 heterocycles. The number of pyridine rings is 1. The maximum atomic E-state index is 13.8. The van der Waals surface area contributed by atoms with Gasteiger partial charge in [0.25, 0.3) is 0 Å². The van der Waals surface area contributed by atoms with Crippen LogP contribution in [0.5, 0.6) is 0 Å². The topological polar surface area (TPSA) is 68.0 Å². The molecule has 0 fully saturated rings. The molecule has 0 atom stereocenters. The number of hydrogen-bond acceptors (Lipinski definition) is 5. The number of benzene rings is 1. The zero-order valence-corrected chi connectivity index (χ0v) is 15.1. The Balaban J connectivity index is 1.51. The quantitative estimate of drug-likeness (QED) is 0.685. The van der Waals surface area contributed by atoms with E-state index in [4.69, 9.17) is 4.42 Å². The van der Waals surface area contributed by atoms with Gasteiger partial charge in [0.15, 0.2) is 0 Å². The number of aromatic nitrogens is 2. The second-order valence-electron chi connectivity index (χ2n) is 5.63. The van der Waals surface area contributed by atoms with Gasteiger partial charge in [-0.25, -0.2) is 9.37 Å². The summed E-state index contributed by atoms with van der Waals surface area (Å²) in [7, 11) is 0. The second kappa shape index (κ2) is 8.62. The number of thioether (sulfide) groups is 1. The molecule has 2 aromatic heterocycles. The van der Waals surface area contributed by atoms with Crippen LogP contribution >= 0.6 is 11.8 Å². The number of carbonyl (C=O) groups excluding carboxylic acids is 1. The third kappa shape index (κ3) is 4.70. The van der Waals surface area contributed by atoms with Gasteiger partial charge in [-0.3, -0.25) is 9.78 Å². The van der Waals surface area contributed by atoms with Gasteiger partial charge in [0, 0.05) is 24.7 Å². The third-order valence-electron chi connectivity index (χ3n) is 3.68. The number of hydrogen-bond donors (Lipinski definition) is 1. The first kappa shape index (κ1) is 18.1. The minimum absolute atomic E-state index is 0.0608. The zero-order valence-electron chi connectivity index (χ0n) is 14.2. The summed E-state index contributed by atoms with van der Waals surface area (Å²) in [6.45, 7) is 2.24. The molecule has 1 amide bonds. The van der Waals surface area contributed by atoms with Crippen molar-refractivity contribution in [1.29, 1.82) is 0 Å². The lowest BCUT2D eigenvalue weighted by atomic mass is 10.2. The van der Waals surface area contributed by atoms with Crippen LogP contribution in [0.15, 0.2) is 53.2 Å². The van der Waals surface area contributed by atoms with Crippen molar-refractivity contribution in [3.05, 3.63) is 71.6 Å². The first-order valence-electron chi connectivity index (χ1n) is 8.08. The highest BCUT2D eigenvalue weighted by molar-refractivity contribution is 7.99. The van der Waals surface area contributed by atoms with Crippen LogP contribution in [0.1, 0.15) is 17.0 Å². The van der Waals surface area contributed by atoms with E-state index in [1.165, 1.54) is 17.8 Å². The van der Waals surface area contributed by atoms with Crippen LogP contribution in [0.3, 0.4) is 0 Å². The van der Waals surface area contributed by atoms with E-state index in [9.17, 15) is 9.18 Å². The summed E-state index contributed by atoms with van der Waals surface area (Å²) in [6, 6.07) is 10.1. The third-order valence-corrected chi connectivity index (χ3v) is 4.63. The van der Waals surface area contributed by atoms with Crippen molar-refractivity contribution in [3.8, 4) is 11.5 Å². The van der Waals surface area contributed by atoms with Gasteiger partial charge in [0.2, 0.25) is 11.8 Å². The summed E-state index contributed by atoms with van der Waals surface area (Å²) < 4.78 is 19.4. The Bertz CT molecular complexity index is 884. The molecular weight excluding hydrogens is 353 g/mol. The smallest absolute Gasteiger partial charge is 0.230 e. The van der Waals surface area contributed by atoms with Gasteiger partial charge in [0.05, 0.1) is 17.0 Å². The van der Waals surface area contributed by atoms with E-state index in [0.29, 0.717) is 35.1 Å². The lowest BCUT2D eigenvalue weighted by molar-refractivity contribution is -0.118. The van der Waals surface area contributed by atoms with Crippen LogP contribution in [0, 0.1) is 12.7 Å². The van der Waals surface area contributed by atoms with Gasteiger partial charge in [-0.15, -0.1) is 11.8 Å². The first-order valence-corrected chi connectivity index (χ1v) is 9.23. The van der Waals surface area contributed by atoms with E-state index < -0.39 is 0 Å². The van der Waals surface area contributed by atoms with E-state index in [2.05, 4.69) is 15.3 Å². The number of aryl methyl sites for hydroxylation is 1. The zero-order chi connectivity index (χ0) is 18.4. The summed E-state index contributed by atoms with van der Waals surface area (Å²) >= 11 is 1.43. The van der Waals surface area contributed by atoms with Gasteiger partial charge in [-0.1, -0.05) is 18.2 Å². The van der Waals surface area contributed by atoms with Crippen LogP contribution in [-0.4, -0.2) is 21.6 Å². The molecule has 0 bridgehead atoms. The largest absolute Gasteiger partial charge is 0.441 e. The molecule has 0 saturated heterocycles. The van der Waals surface area contributed by atoms with Crippen molar-refractivity contribution >= 4 is 17.7 Å². The lowest BCUT2D eigenvalue weighted by Gasteiger charge is -2.04. The van der Waals surface area contributed by atoms with E-state index in [-0.39, 0.29) is 17.6 Å². The molecule has 0 unspecified atom stereocenters. The highest BCUT2D eigenvalue weighted by Crippen LogP contribution is 2.26. The van der Waals surface area contributed by atoms with Crippen molar-refractivity contribution in [2.24, 2.45) is 0 Å². The van der Waals surface area contributed by atoms with Crippen LogP contribution in [-0.2, 0) is 17.1 Å². The molecule has 0 aliphatic carbocycles. The van der Waals surface area contributed by atoms with Gasteiger partial charge < -0.3 is 9.73 Å². The molecule has 26 heavy (non-hydrogen) atoms. The maximum Gasteiger partial charge on any atom is 0.230 e. The molecule has 3 rings (SSSR count). The highest BCUT2D eigenvalue weighted by atomic mass is 32.2. The molecule has 0 saturated carbocycles. The summed E-state index contributed by atoms with van der Waals surface area (Å²) in [4.78, 5) is 20.3. The molecule has 7 heteroatoms. The Kier molecular flexibility index (Phi) is 6.01. The fourth-order valence-electron chi connectivity index (χ4n) is 2.31. The molecule has 1 N–H and O–H groups in total. The molecule has 1 aromatic carbocycles. The van der Waals surface area contributed by atoms with Crippen LogP contribution < -0.4 is 5.32 Å². The van der Waals surface area contributed by atoms with Gasteiger partial charge >= 0.3 is 0 Å². The Morgan fingerprint density at radius 1 is 1.27 bits per heavy atom. The highest BCUT2D eigenvalue weighted by Gasteiger charge is 2.14. The van der Waals surface area contributed by atoms with Crippen LogP contribution in [0.25, 0.3) is 11.5 Å². The molecule has 3 aromatic rings. The van der Waals surface area contributed by atoms with Gasteiger partial charge in [0.1, 0.15) is 11.6 Å². The fourth-order valence-corrected chi connectivity index (χ4v) is 3.16. The maximum absolute atomic E-state index is 13.8. The van der Waals surface area contributed by atoms with Crippen LogP contribution in [0.4, 0.5) is 4.39 Å². The fraction of sp³-hybridized carbons (Fsp3) is 0.211. The van der Waals surface area contributed by atoms with E-state index in [1.54, 1.807) is 37.5 Å². The Hall–Kier alpha value is -2.67. The molecule has 0 spiro atoms. The van der Waals surface area contributed by atoms with E-state index >= 15 is 0 Å². The minimum Gasteiger partial charge on any atom is -0.441 e. The molecule has 0 radical (unpaired) electrons. The number of nitrogens with one attached hydrogen (secondary N) is 1. The molecule has 134 valence electrons. The Morgan fingerprint density at radius 2 is 2.12 bits per heavy atom. The summed E-state index contributed by atoms with van der Waals surface area (Å²) in [5.74, 6) is 1.28. The van der Waals surface area contributed by atoms with Crippen molar-refractivity contribution < 1.29 is 13.6 Å². The monoisotopic (exact) mass is 371 g/mol. The number of nitrogens with zero attached hydrogens (tertiary/aromatic N) is 2. The van der Waals surface area contributed by atoms with Gasteiger partial charge in [-0.2, -0.15) is 0 Å².